The van der Waals surface area contributed by atoms with Crippen molar-refractivity contribution in [1.82, 2.24) is 0 Å². The maximum absolute atomic E-state index is 7.00. The Morgan fingerprint density at radius 1 is 0.143 bits per heavy atom. The lowest BCUT2D eigenvalue weighted by Gasteiger charge is -1.97. The van der Waals surface area contributed by atoms with Crippen LogP contribution in [-0.4, -0.2) is 17.7 Å². The Hall–Kier alpha value is -0.0151. The second kappa shape index (κ2) is 96.1. The van der Waals surface area contributed by atoms with Gasteiger partial charge in [-0.25, -0.2) is 0 Å². The Morgan fingerprint density at radius 2 is 0.190 bits per heavy atom. The van der Waals surface area contributed by atoms with Crippen LogP contribution in [0.5, 0.6) is 0 Å². The quantitative estimate of drug-likeness (QED) is 0.0473. The number of rotatable bonds is 42. The minimum atomic E-state index is 0. The lowest BCUT2D eigenvalue weighted by Crippen LogP contribution is -1.77. The summed E-state index contributed by atoms with van der Waals surface area (Å²) in [4.78, 5) is 0. The highest BCUT2D eigenvalue weighted by molar-refractivity contribution is 6.13. The van der Waals surface area contributed by atoms with Crippen LogP contribution in [0.2, 0.25) is 0 Å². The first-order chi connectivity index (χ1) is 30.9. The van der Waals surface area contributed by atoms with E-state index < -0.39 is 0 Å². The van der Waals surface area contributed by atoms with E-state index in [2.05, 4.69) is 83.1 Å². The van der Waals surface area contributed by atoms with E-state index in [0.717, 1.165) is 0 Å². The summed E-state index contributed by atoms with van der Waals surface area (Å²) in [5, 5.41) is 14.0. The van der Waals surface area contributed by atoms with Crippen molar-refractivity contribution in [3.63, 3.8) is 0 Å². The van der Waals surface area contributed by atoms with Gasteiger partial charge in [0.05, 0.1) is 0 Å². The normalized spacial score (nSPS) is 9.94. The van der Waals surface area contributed by atoms with Gasteiger partial charge in [0, 0.05) is 0 Å². The van der Waals surface area contributed by atoms with E-state index in [0.29, 0.717) is 0 Å². The molecule has 63 heavy (non-hydrogen) atoms. The van der Waals surface area contributed by atoms with Crippen molar-refractivity contribution in [2.45, 2.75) is 391 Å². The van der Waals surface area contributed by atoms with E-state index in [4.69, 9.17) is 10.0 Å². The Labute approximate surface area is 407 Å². The molecular weight excluding hydrogens is 763 g/mol. The van der Waals surface area contributed by atoms with Crippen molar-refractivity contribution >= 4 is 7.69 Å². The van der Waals surface area contributed by atoms with Crippen molar-refractivity contribution in [2.75, 3.05) is 0 Å². The van der Waals surface area contributed by atoms with Crippen LogP contribution in [0.4, 0.5) is 0 Å². The molecule has 0 aliphatic carbocycles. The zero-order valence-electron chi connectivity index (χ0n) is 47.4. The van der Waals surface area contributed by atoms with E-state index in [1.165, 1.54) is 308 Å². The largest absolute Gasteiger partial charge is 0.482 e. The van der Waals surface area contributed by atoms with Crippen LogP contribution in [0.1, 0.15) is 391 Å². The van der Waals surface area contributed by atoms with Crippen LogP contribution < -0.4 is 0 Å². The second-order valence-electron chi connectivity index (χ2n) is 18.8. The molecule has 0 aromatic carbocycles. The molecule has 0 rings (SSSR count). The van der Waals surface area contributed by atoms with Crippen LogP contribution in [0.3, 0.4) is 0 Å². The summed E-state index contributed by atoms with van der Waals surface area (Å²) < 4.78 is 0. The number of hydrogen-bond acceptors (Lipinski definition) is 2. The Kier molecular flexibility index (Phi) is 118. The summed E-state index contributed by atoms with van der Waals surface area (Å²) in [5.41, 5.74) is 0. The Bertz CT molecular complexity index is 398. The van der Waals surface area contributed by atoms with Gasteiger partial charge in [-0.1, -0.05) is 391 Å². The van der Waals surface area contributed by atoms with Gasteiger partial charge < -0.3 is 10.0 Å². The molecule has 0 aromatic heterocycles. The molecule has 0 aliphatic heterocycles. The zero-order valence-corrected chi connectivity index (χ0v) is 47.4. The van der Waals surface area contributed by atoms with Crippen LogP contribution in [0, 0.1) is 0 Å². The molecule has 0 aliphatic rings. The van der Waals surface area contributed by atoms with Gasteiger partial charge in [0.1, 0.15) is 0 Å². The molecule has 0 unspecified atom stereocenters. The monoisotopic (exact) mass is 898 g/mol. The third-order valence-electron chi connectivity index (χ3n) is 11.7. The van der Waals surface area contributed by atoms with Crippen LogP contribution in [0.15, 0.2) is 0 Å². The van der Waals surface area contributed by atoms with E-state index in [1.807, 2.05) is 0 Å². The maximum atomic E-state index is 7.00. The van der Waals surface area contributed by atoms with Crippen molar-refractivity contribution in [3.05, 3.63) is 0 Å². The highest BCUT2D eigenvalue weighted by atomic mass is 16.4. The van der Waals surface area contributed by atoms with E-state index in [1.54, 1.807) is 0 Å². The zero-order chi connectivity index (χ0) is 48.6. The predicted molar refractivity (Wildman–Crippen MR) is 300 cm³/mol. The van der Waals surface area contributed by atoms with Crippen LogP contribution in [0.25, 0.3) is 0 Å². The van der Waals surface area contributed by atoms with Crippen LogP contribution >= 0.6 is 0 Å². The molecule has 0 saturated heterocycles. The lowest BCUT2D eigenvalue weighted by molar-refractivity contribution is 0.448. The van der Waals surface area contributed by atoms with E-state index in [-0.39, 0.29) is 7.69 Å². The molecule has 0 bridgehead atoms. The summed E-state index contributed by atoms with van der Waals surface area (Å²) in [6.45, 7) is 27.2. The molecule has 3 heteroatoms. The molecule has 2 nitrogen and oxygen atoms in total. The first-order valence-electron chi connectivity index (χ1n) is 30.0. The molecule has 2 N–H and O–H groups in total. The van der Waals surface area contributed by atoms with Gasteiger partial charge in [-0.15, -0.1) is 0 Å². The molecule has 0 saturated carbocycles. The first kappa shape index (κ1) is 77.2. The summed E-state index contributed by atoms with van der Waals surface area (Å²) in [6, 6.07) is 0. The fourth-order valence-electron chi connectivity index (χ4n) is 7.24. The molecule has 0 aromatic rings. The number of hydrogen-bond donors (Lipinski definition) is 2. The average molecular weight is 899 g/mol. The molecule has 1 radical (unpaired) electrons. The van der Waals surface area contributed by atoms with Gasteiger partial charge in [0.25, 0.3) is 0 Å². The van der Waals surface area contributed by atoms with Gasteiger partial charge in [0.15, 0.2) is 0 Å². The topological polar surface area (TPSA) is 40.5 Å². The predicted octanol–water partition coefficient (Wildman–Crippen LogP) is 23.4. The molecular formula is C60H134BO2. The van der Waals surface area contributed by atoms with E-state index >= 15 is 0 Å². The van der Waals surface area contributed by atoms with Crippen molar-refractivity contribution in [3.8, 4) is 0 Å². The standard InChI is InChI=1S/6C10H22.BH2O2/c6*1-3-5-7-9-10-8-6-4-2;2-1-3/h6*3-10H2,1-2H3;2-3H. The Morgan fingerprint density at radius 3 is 0.238 bits per heavy atom. The van der Waals surface area contributed by atoms with Gasteiger partial charge in [-0.05, 0) is 0 Å². The third kappa shape index (κ3) is 127. The average Bonchev–Trinajstić information content (AvgIpc) is 3.30. The van der Waals surface area contributed by atoms with Gasteiger partial charge in [-0.2, -0.15) is 0 Å². The minimum absolute atomic E-state index is 0. The van der Waals surface area contributed by atoms with Crippen LogP contribution in [-0.2, 0) is 0 Å². The van der Waals surface area contributed by atoms with Crippen molar-refractivity contribution in [2.24, 2.45) is 0 Å². The highest BCUT2D eigenvalue weighted by Crippen LogP contribution is 2.11. The highest BCUT2D eigenvalue weighted by Gasteiger charge is 1.92. The summed E-state index contributed by atoms with van der Waals surface area (Å²) in [6.07, 6.45) is 68.8. The van der Waals surface area contributed by atoms with Gasteiger partial charge >= 0.3 is 7.69 Å². The van der Waals surface area contributed by atoms with Crippen molar-refractivity contribution < 1.29 is 10.0 Å². The van der Waals surface area contributed by atoms with Gasteiger partial charge in [0.2, 0.25) is 0 Å². The molecule has 0 amide bonds. The molecule has 0 fully saturated rings. The number of unbranched alkanes of at least 4 members (excludes halogenated alkanes) is 42. The summed E-state index contributed by atoms with van der Waals surface area (Å²) in [7, 11) is 0. The lowest BCUT2D eigenvalue weighted by atomic mass is 10.1. The second-order valence-corrected chi connectivity index (χ2v) is 18.8. The van der Waals surface area contributed by atoms with E-state index in [9.17, 15) is 0 Å². The fraction of sp³-hybridized carbons (Fsp3) is 1.00. The van der Waals surface area contributed by atoms with Gasteiger partial charge in [-0.3, -0.25) is 0 Å². The Balaban J connectivity index is -0.000000118. The SMILES string of the molecule is CCCCCCCCCC.CCCCCCCCCC.CCCCCCCCCC.CCCCCCCCCC.CCCCCCCCCC.CCCCCCCCCC.O[B]O. The first-order valence-corrected chi connectivity index (χ1v) is 30.0. The molecule has 389 valence electrons. The molecule has 0 spiro atoms. The maximum Gasteiger partial charge on any atom is 0.482 e. The third-order valence-corrected chi connectivity index (χ3v) is 11.7. The fourth-order valence-corrected chi connectivity index (χ4v) is 7.24. The summed E-state index contributed by atoms with van der Waals surface area (Å²) in [5.74, 6) is 0. The summed E-state index contributed by atoms with van der Waals surface area (Å²) >= 11 is 0. The molecule has 0 atom stereocenters. The molecule has 0 heterocycles. The minimum Gasteiger partial charge on any atom is -0.429 e. The smallest absolute Gasteiger partial charge is 0.429 e. The van der Waals surface area contributed by atoms with Crippen molar-refractivity contribution in [1.29, 1.82) is 0 Å².